The predicted octanol–water partition coefficient (Wildman–Crippen LogP) is 7.17. The molecule has 0 aliphatic carbocycles. The molecule has 0 aliphatic rings. The molecule has 0 saturated carbocycles. The molecule has 42 heavy (non-hydrogen) atoms. The lowest BCUT2D eigenvalue weighted by molar-refractivity contribution is -0.158. The van der Waals surface area contributed by atoms with Gasteiger partial charge in [0.15, 0.2) is 11.2 Å². The predicted molar refractivity (Wildman–Crippen MR) is 166 cm³/mol. The second kappa shape index (κ2) is 13.4. The summed E-state index contributed by atoms with van der Waals surface area (Å²) in [7, 11) is 0. The maximum atomic E-state index is 13.1. The van der Waals surface area contributed by atoms with Gasteiger partial charge in [-0.1, -0.05) is 120 Å². The quantitative estimate of drug-likeness (QED) is 0.147. The Morgan fingerprint density at radius 1 is 0.595 bits per heavy atom. The summed E-state index contributed by atoms with van der Waals surface area (Å²) < 4.78 is 11.9. The van der Waals surface area contributed by atoms with Crippen molar-refractivity contribution in [3.63, 3.8) is 0 Å². The van der Waals surface area contributed by atoms with Crippen LogP contribution in [0, 0.1) is 0 Å². The van der Waals surface area contributed by atoms with Gasteiger partial charge in [-0.05, 0) is 48.2 Å². The van der Waals surface area contributed by atoms with Gasteiger partial charge in [0.1, 0.15) is 0 Å². The molecule has 8 heteroatoms. The van der Waals surface area contributed by atoms with Gasteiger partial charge in [0.2, 0.25) is 0 Å². The van der Waals surface area contributed by atoms with Crippen molar-refractivity contribution in [3.8, 4) is 0 Å². The maximum absolute atomic E-state index is 13.1. The molecule has 0 bridgehead atoms. The van der Waals surface area contributed by atoms with Crippen LogP contribution < -0.4 is 11.5 Å². The molecular formula is C34H32Cl2N2O4. The average molecular weight is 604 g/mol. The van der Waals surface area contributed by atoms with Crippen molar-refractivity contribution in [2.24, 2.45) is 11.5 Å². The van der Waals surface area contributed by atoms with E-state index in [9.17, 15) is 9.59 Å². The molecule has 0 amide bonds. The summed E-state index contributed by atoms with van der Waals surface area (Å²) >= 11 is 12.9. The third kappa shape index (κ3) is 6.75. The van der Waals surface area contributed by atoms with Gasteiger partial charge >= 0.3 is 11.9 Å². The van der Waals surface area contributed by atoms with Gasteiger partial charge in [-0.15, -0.1) is 0 Å². The topological polar surface area (TPSA) is 105 Å². The fourth-order valence-corrected chi connectivity index (χ4v) is 5.32. The lowest BCUT2D eigenvalue weighted by Gasteiger charge is -2.36. The second-order valence-electron chi connectivity index (χ2n) is 10.1. The molecule has 0 aliphatic heterocycles. The van der Waals surface area contributed by atoms with Crippen LogP contribution in [0.4, 0.5) is 0 Å². The van der Waals surface area contributed by atoms with Crippen LogP contribution in [0.5, 0.6) is 0 Å². The highest BCUT2D eigenvalue weighted by atomic mass is 35.5. The van der Waals surface area contributed by atoms with Crippen molar-refractivity contribution in [1.29, 1.82) is 0 Å². The van der Waals surface area contributed by atoms with Gasteiger partial charge in [0, 0.05) is 22.2 Å². The number of rotatable bonds is 10. The summed E-state index contributed by atoms with van der Waals surface area (Å²) in [4.78, 5) is 26.3. The Bertz CT molecular complexity index is 1450. The monoisotopic (exact) mass is 602 g/mol. The first-order valence-corrected chi connectivity index (χ1v) is 14.1. The van der Waals surface area contributed by atoms with Crippen LogP contribution in [-0.4, -0.2) is 11.9 Å². The van der Waals surface area contributed by atoms with E-state index in [4.69, 9.17) is 44.1 Å². The first kappa shape index (κ1) is 31.0. The average Bonchev–Trinajstić information content (AvgIpc) is 3.00. The smallest absolute Gasteiger partial charge is 0.331 e. The van der Waals surface area contributed by atoms with E-state index < -0.39 is 35.2 Å². The minimum Gasteiger partial charge on any atom is -0.449 e. The molecule has 4 unspecified atom stereocenters. The zero-order valence-electron chi connectivity index (χ0n) is 23.2. The van der Waals surface area contributed by atoms with Gasteiger partial charge in [-0.3, -0.25) is 0 Å². The third-order valence-electron chi connectivity index (χ3n) is 7.34. The number of benzene rings is 4. The van der Waals surface area contributed by atoms with E-state index in [0.717, 1.165) is 12.2 Å². The molecule has 4 aromatic rings. The highest BCUT2D eigenvalue weighted by Crippen LogP contribution is 2.41. The molecule has 0 fully saturated rings. The fraction of sp³-hybridized carbons (Fsp3) is 0.176. The normalized spacial score (nSPS) is 15.7. The number of esters is 2. The summed E-state index contributed by atoms with van der Waals surface area (Å²) in [5.74, 6) is -1.59. The molecule has 0 spiro atoms. The number of carbonyl (C=O) groups excluding carboxylic acids is 2. The number of carbonyl (C=O) groups is 2. The Balaban J connectivity index is 1.59. The standard InChI is InChI=1S/C34H32Cl2N2O4/c1-33(23-13-5-3-6-14-23,31(37)25-17-9-11-19-27(25)35)41-29(39)21-22-30(40)42-34(2,24-15-7-4-8-16-24)32(38)26-18-10-12-20-28(26)36/h3-22,31-32H,37-38H2,1-2H3/b22-21-. The van der Waals surface area contributed by atoms with Crippen molar-refractivity contribution in [2.75, 3.05) is 0 Å². The number of halogens is 2. The number of ether oxygens (including phenoxy) is 2. The van der Waals surface area contributed by atoms with Crippen molar-refractivity contribution in [3.05, 3.63) is 154 Å². The fourth-order valence-electron chi connectivity index (χ4n) is 4.81. The SMILES string of the molecule is CC(OC(=O)/C=C\C(=O)OC(C)(c1ccccc1)C(N)c1ccccc1Cl)(c1ccccc1)C(N)c1ccccc1Cl. The van der Waals surface area contributed by atoms with Crippen LogP contribution >= 0.6 is 23.2 Å². The zero-order valence-corrected chi connectivity index (χ0v) is 24.8. The Morgan fingerprint density at radius 2 is 0.905 bits per heavy atom. The Kier molecular flexibility index (Phi) is 9.86. The second-order valence-corrected chi connectivity index (χ2v) is 10.9. The van der Waals surface area contributed by atoms with Crippen molar-refractivity contribution >= 4 is 35.1 Å². The highest BCUT2D eigenvalue weighted by Gasteiger charge is 2.41. The first-order valence-electron chi connectivity index (χ1n) is 13.3. The van der Waals surface area contributed by atoms with E-state index in [0.29, 0.717) is 32.3 Å². The Labute approximate surface area is 255 Å². The van der Waals surface area contributed by atoms with Gasteiger partial charge < -0.3 is 20.9 Å². The lowest BCUT2D eigenvalue weighted by Crippen LogP contribution is -2.40. The molecule has 4 rings (SSSR count). The van der Waals surface area contributed by atoms with Crippen molar-refractivity contribution < 1.29 is 19.1 Å². The molecule has 4 atom stereocenters. The number of nitrogens with two attached hydrogens (primary N) is 2. The van der Waals surface area contributed by atoms with E-state index in [-0.39, 0.29) is 0 Å². The van der Waals surface area contributed by atoms with Crippen LogP contribution in [-0.2, 0) is 30.3 Å². The van der Waals surface area contributed by atoms with E-state index in [1.165, 1.54) is 0 Å². The van der Waals surface area contributed by atoms with Crippen LogP contribution in [0.25, 0.3) is 0 Å². The first-order chi connectivity index (χ1) is 20.1. The minimum absolute atomic E-state index is 0.442. The molecule has 0 radical (unpaired) electrons. The van der Waals surface area contributed by atoms with Crippen LogP contribution in [0.2, 0.25) is 10.0 Å². The largest absolute Gasteiger partial charge is 0.449 e. The highest BCUT2D eigenvalue weighted by molar-refractivity contribution is 6.31. The molecule has 4 N–H and O–H groups in total. The molecule has 4 aromatic carbocycles. The molecule has 0 aromatic heterocycles. The van der Waals surface area contributed by atoms with Crippen LogP contribution in [0.15, 0.2) is 121 Å². The molecule has 216 valence electrons. The molecular weight excluding hydrogens is 571 g/mol. The number of hydrogen-bond donors (Lipinski definition) is 2. The summed E-state index contributed by atoms with van der Waals surface area (Å²) in [6, 6.07) is 30.8. The molecule has 0 heterocycles. The Hall–Kier alpha value is -3.94. The summed E-state index contributed by atoms with van der Waals surface area (Å²) in [6.07, 6.45) is 2.02. The van der Waals surface area contributed by atoms with Gasteiger partial charge in [0.05, 0.1) is 12.1 Å². The van der Waals surface area contributed by atoms with E-state index in [2.05, 4.69) is 0 Å². The molecule has 6 nitrogen and oxygen atoms in total. The van der Waals surface area contributed by atoms with E-state index >= 15 is 0 Å². The maximum Gasteiger partial charge on any atom is 0.331 e. The van der Waals surface area contributed by atoms with Crippen LogP contribution in [0.1, 0.15) is 48.2 Å². The minimum atomic E-state index is -1.32. The zero-order chi connectivity index (χ0) is 30.3. The molecule has 0 saturated heterocycles. The van der Waals surface area contributed by atoms with E-state index in [1.54, 1.807) is 62.4 Å². The van der Waals surface area contributed by atoms with E-state index in [1.807, 2.05) is 60.7 Å². The van der Waals surface area contributed by atoms with Gasteiger partial charge in [-0.25, -0.2) is 9.59 Å². The van der Waals surface area contributed by atoms with Gasteiger partial charge in [-0.2, -0.15) is 0 Å². The van der Waals surface area contributed by atoms with Crippen molar-refractivity contribution in [1.82, 2.24) is 0 Å². The lowest BCUT2D eigenvalue weighted by atomic mass is 9.84. The summed E-state index contributed by atoms with van der Waals surface area (Å²) in [5, 5.41) is 0.884. The Morgan fingerprint density at radius 3 is 1.24 bits per heavy atom. The third-order valence-corrected chi connectivity index (χ3v) is 8.03. The van der Waals surface area contributed by atoms with Crippen LogP contribution in [0.3, 0.4) is 0 Å². The number of hydrogen-bond acceptors (Lipinski definition) is 6. The van der Waals surface area contributed by atoms with Crippen molar-refractivity contribution in [2.45, 2.75) is 37.1 Å². The summed E-state index contributed by atoms with van der Waals surface area (Å²) in [6.45, 7) is 3.41. The van der Waals surface area contributed by atoms with Gasteiger partial charge in [0.25, 0.3) is 0 Å². The summed E-state index contributed by atoms with van der Waals surface area (Å²) in [5.41, 5.74) is 13.2.